The van der Waals surface area contributed by atoms with Crippen LogP contribution in [0.5, 0.6) is 0 Å². The predicted octanol–water partition coefficient (Wildman–Crippen LogP) is 2.95. The SMILES string of the molecule is CNc1c(C)c(C)nc2ccsc12. The van der Waals surface area contributed by atoms with Gasteiger partial charge in [-0.3, -0.25) is 4.98 Å². The molecule has 68 valence electrons. The molecule has 0 aliphatic heterocycles. The fourth-order valence-corrected chi connectivity index (χ4v) is 2.43. The van der Waals surface area contributed by atoms with Crippen molar-refractivity contribution < 1.29 is 0 Å². The Morgan fingerprint density at radius 3 is 2.85 bits per heavy atom. The lowest BCUT2D eigenvalue weighted by atomic mass is 10.2. The third-order valence-electron chi connectivity index (χ3n) is 2.33. The fraction of sp³-hybridized carbons (Fsp3) is 0.300. The van der Waals surface area contributed by atoms with Crippen molar-refractivity contribution in [1.82, 2.24) is 4.98 Å². The van der Waals surface area contributed by atoms with Gasteiger partial charge in [-0.15, -0.1) is 11.3 Å². The summed E-state index contributed by atoms with van der Waals surface area (Å²) in [6.07, 6.45) is 0. The standard InChI is InChI=1S/C10H12N2S/c1-6-7(2)12-8-4-5-13-10(8)9(6)11-3/h4-5H,1-3H3,(H,11,12). The first-order valence-electron chi connectivity index (χ1n) is 4.26. The zero-order chi connectivity index (χ0) is 9.42. The summed E-state index contributed by atoms with van der Waals surface area (Å²) in [6, 6.07) is 2.06. The highest BCUT2D eigenvalue weighted by atomic mass is 32.1. The molecule has 0 amide bonds. The summed E-state index contributed by atoms with van der Waals surface area (Å²) >= 11 is 1.74. The molecule has 0 saturated carbocycles. The van der Waals surface area contributed by atoms with E-state index in [4.69, 9.17) is 0 Å². The molecule has 13 heavy (non-hydrogen) atoms. The molecule has 0 aliphatic rings. The first-order chi connectivity index (χ1) is 6.24. The molecule has 2 aromatic heterocycles. The highest BCUT2D eigenvalue weighted by Gasteiger charge is 2.08. The highest BCUT2D eigenvalue weighted by molar-refractivity contribution is 7.17. The van der Waals surface area contributed by atoms with Crippen LogP contribution < -0.4 is 5.32 Å². The number of pyridine rings is 1. The molecule has 2 heterocycles. The first-order valence-corrected chi connectivity index (χ1v) is 5.14. The maximum Gasteiger partial charge on any atom is 0.0834 e. The van der Waals surface area contributed by atoms with Crippen LogP contribution in [0.15, 0.2) is 11.4 Å². The number of nitrogens with zero attached hydrogens (tertiary/aromatic N) is 1. The minimum atomic E-state index is 1.09. The van der Waals surface area contributed by atoms with Crippen molar-refractivity contribution >= 4 is 27.2 Å². The summed E-state index contributed by atoms with van der Waals surface area (Å²) in [5.41, 5.74) is 4.67. The molecule has 0 saturated heterocycles. The van der Waals surface area contributed by atoms with Crippen LogP contribution in [0, 0.1) is 13.8 Å². The lowest BCUT2D eigenvalue weighted by Gasteiger charge is -2.08. The minimum absolute atomic E-state index is 1.09. The van der Waals surface area contributed by atoms with Gasteiger partial charge in [0.25, 0.3) is 0 Å². The number of thiophene rings is 1. The number of rotatable bonds is 1. The van der Waals surface area contributed by atoms with Gasteiger partial charge in [0.15, 0.2) is 0 Å². The smallest absolute Gasteiger partial charge is 0.0834 e. The van der Waals surface area contributed by atoms with Crippen LogP contribution in [0.4, 0.5) is 5.69 Å². The van der Waals surface area contributed by atoms with Crippen LogP contribution in [-0.2, 0) is 0 Å². The third-order valence-corrected chi connectivity index (χ3v) is 3.25. The first kappa shape index (κ1) is 8.51. The normalized spacial score (nSPS) is 10.7. The van der Waals surface area contributed by atoms with E-state index < -0.39 is 0 Å². The van der Waals surface area contributed by atoms with Crippen LogP contribution in [0.2, 0.25) is 0 Å². The minimum Gasteiger partial charge on any atom is -0.387 e. The Bertz CT molecular complexity index is 445. The number of aromatic nitrogens is 1. The van der Waals surface area contributed by atoms with Crippen LogP contribution >= 0.6 is 11.3 Å². The van der Waals surface area contributed by atoms with Gasteiger partial charge in [-0.05, 0) is 30.9 Å². The molecule has 0 bridgehead atoms. The van der Waals surface area contributed by atoms with E-state index in [1.165, 1.54) is 16.0 Å². The fourth-order valence-electron chi connectivity index (χ4n) is 1.49. The maximum absolute atomic E-state index is 4.51. The summed E-state index contributed by atoms with van der Waals surface area (Å²) in [7, 11) is 1.96. The molecule has 0 spiro atoms. The van der Waals surface area contributed by atoms with Crippen LogP contribution in [0.3, 0.4) is 0 Å². The molecule has 2 aromatic rings. The molecule has 0 atom stereocenters. The summed E-state index contributed by atoms with van der Waals surface area (Å²) < 4.78 is 1.26. The summed E-state index contributed by atoms with van der Waals surface area (Å²) in [4.78, 5) is 4.51. The Balaban J connectivity index is 2.87. The van der Waals surface area contributed by atoms with Crippen LogP contribution in [0.1, 0.15) is 11.3 Å². The Kier molecular flexibility index (Phi) is 1.96. The van der Waals surface area contributed by atoms with Crippen molar-refractivity contribution in [2.45, 2.75) is 13.8 Å². The molecule has 0 aromatic carbocycles. The second-order valence-electron chi connectivity index (χ2n) is 3.08. The molecular formula is C10H12N2S. The molecule has 0 fully saturated rings. The highest BCUT2D eigenvalue weighted by Crippen LogP contribution is 2.31. The number of nitrogens with one attached hydrogen (secondary N) is 1. The van der Waals surface area contributed by atoms with Crippen molar-refractivity contribution in [2.24, 2.45) is 0 Å². The van der Waals surface area contributed by atoms with Crippen molar-refractivity contribution in [1.29, 1.82) is 0 Å². The second kappa shape index (κ2) is 3.00. The number of hydrogen-bond donors (Lipinski definition) is 1. The van der Waals surface area contributed by atoms with Crippen molar-refractivity contribution in [2.75, 3.05) is 12.4 Å². The van der Waals surface area contributed by atoms with E-state index >= 15 is 0 Å². The quantitative estimate of drug-likeness (QED) is 0.751. The second-order valence-corrected chi connectivity index (χ2v) is 4.00. The predicted molar refractivity (Wildman–Crippen MR) is 58.6 cm³/mol. The molecule has 0 aliphatic carbocycles. The van der Waals surface area contributed by atoms with Gasteiger partial charge < -0.3 is 5.32 Å². The van der Waals surface area contributed by atoms with Gasteiger partial charge in [0, 0.05) is 12.7 Å². The van der Waals surface area contributed by atoms with E-state index in [2.05, 4.69) is 28.7 Å². The number of aryl methyl sites for hydroxylation is 1. The van der Waals surface area contributed by atoms with E-state index in [-0.39, 0.29) is 0 Å². The van der Waals surface area contributed by atoms with E-state index in [9.17, 15) is 0 Å². The van der Waals surface area contributed by atoms with Gasteiger partial charge in [-0.1, -0.05) is 0 Å². The Labute approximate surface area is 81.6 Å². The molecule has 2 rings (SSSR count). The van der Waals surface area contributed by atoms with Crippen molar-refractivity contribution in [3.05, 3.63) is 22.7 Å². The third kappa shape index (κ3) is 1.20. The Hall–Kier alpha value is -1.09. The lowest BCUT2D eigenvalue weighted by Crippen LogP contribution is -1.96. The number of anilines is 1. The van der Waals surface area contributed by atoms with Gasteiger partial charge in [0.2, 0.25) is 0 Å². The van der Waals surface area contributed by atoms with Crippen molar-refractivity contribution in [3.63, 3.8) is 0 Å². The zero-order valence-corrected chi connectivity index (χ0v) is 8.83. The molecular weight excluding hydrogens is 180 g/mol. The van der Waals surface area contributed by atoms with Gasteiger partial charge in [-0.25, -0.2) is 0 Å². The van der Waals surface area contributed by atoms with Crippen LogP contribution in [0.25, 0.3) is 10.2 Å². The molecule has 1 N–H and O–H groups in total. The summed E-state index contributed by atoms with van der Waals surface area (Å²) in [5.74, 6) is 0. The van der Waals surface area contributed by atoms with E-state index in [1.54, 1.807) is 11.3 Å². The molecule has 3 heteroatoms. The molecule has 0 radical (unpaired) electrons. The zero-order valence-electron chi connectivity index (χ0n) is 8.01. The number of hydrogen-bond acceptors (Lipinski definition) is 3. The Morgan fingerprint density at radius 2 is 2.15 bits per heavy atom. The van der Waals surface area contributed by atoms with Gasteiger partial charge in [0.1, 0.15) is 0 Å². The maximum atomic E-state index is 4.51. The summed E-state index contributed by atoms with van der Waals surface area (Å²) in [6.45, 7) is 4.15. The van der Waals surface area contributed by atoms with Gasteiger partial charge in [0.05, 0.1) is 15.9 Å². The topological polar surface area (TPSA) is 24.9 Å². The van der Waals surface area contributed by atoms with Gasteiger partial charge >= 0.3 is 0 Å². The average molecular weight is 192 g/mol. The lowest BCUT2D eigenvalue weighted by molar-refractivity contribution is 1.20. The molecule has 2 nitrogen and oxygen atoms in total. The van der Waals surface area contributed by atoms with Gasteiger partial charge in [-0.2, -0.15) is 0 Å². The van der Waals surface area contributed by atoms with E-state index in [1.807, 2.05) is 14.0 Å². The Morgan fingerprint density at radius 1 is 1.38 bits per heavy atom. The largest absolute Gasteiger partial charge is 0.387 e. The summed E-state index contributed by atoms with van der Waals surface area (Å²) in [5, 5.41) is 5.32. The van der Waals surface area contributed by atoms with E-state index in [0.29, 0.717) is 0 Å². The number of fused-ring (bicyclic) bond motifs is 1. The molecule has 0 unspecified atom stereocenters. The monoisotopic (exact) mass is 192 g/mol. The van der Waals surface area contributed by atoms with E-state index in [0.717, 1.165) is 11.2 Å². The van der Waals surface area contributed by atoms with Crippen LogP contribution in [-0.4, -0.2) is 12.0 Å². The average Bonchev–Trinajstić information content (AvgIpc) is 2.54. The van der Waals surface area contributed by atoms with Crippen molar-refractivity contribution in [3.8, 4) is 0 Å².